The van der Waals surface area contributed by atoms with Crippen LogP contribution in [-0.2, 0) is 6.54 Å². The summed E-state index contributed by atoms with van der Waals surface area (Å²) >= 11 is 5.61. The molecule has 7 heteroatoms. The predicted molar refractivity (Wildman–Crippen MR) is 75.5 cm³/mol. The van der Waals surface area contributed by atoms with Crippen LogP contribution in [-0.4, -0.2) is 16.7 Å². The monoisotopic (exact) mass is 298 g/mol. The van der Waals surface area contributed by atoms with Gasteiger partial charge in [0.15, 0.2) is 0 Å². The lowest BCUT2D eigenvalue weighted by atomic mass is 10.2. The van der Waals surface area contributed by atoms with E-state index in [4.69, 9.17) is 16.0 Å². The first-order valence-corrected chi connectivity index (χ1v) is 6.67. The largest absolute Gasteiger partial charge is 0.406 e. The molecule has 0 aliphatic heterocycles. The van der Waals surface area contributed by atoms with Crippen LogP contribution < -0.4 is 10.6 Å². The lowest BCUT2D eigenvalue weighted by molar-refractivity contribution is 0.460. The van der Waals surface area contributed by atoms with Gasteiger partial charge in [-0.2, -0.15) is 0 Å². The number of benzene rings is 1. The van der Waals surface area contributed by atoms with Gasteiger partial charge in [-0.1, -0.05) is 30.5 Å². The van der Waals surface area contributed by atoms with Crippen LogP contribution >= 0.6 is 11.6 Å². The Labute approximate surface area is 121 Å². The molecule has 108 valence electrons. The van der Waals surface area contributed by atoms with Crippen molar-refractivity contribution in [2.24, 2.45) is 5.92 Å². The molecule has 0 unspecified atom stereocenters. The van der Waals surface area contributed by atoms with Gasteiger partial charge >= 0.3 is 6.01 Å². The molecule has 0 aliphatic rings. The second kappa shape index (κ2) is 6.67. The van der Waals surface area contributed by atoms with E-state index in [0.717, 1.165) is 6.54 Å². The molecule has 0 fully saturated rings. The summed E-state index contributed by atoms with van der Waals surface area (Å²) in [6.07, 6.45) is 0. The van der Waals surface area contributed by atoms with Crippen molar-refractivity contribution in [2.75, 3.05) is 11.9 Å². The molecular formula is C13H16ClFN4O. The molecular weight excluding hydrogens is 283 g/mol. The van der Waals surface area contributed by atoms with E-state index >= 15 is 0 Å². The maximum atomic E-state index is 13.3. The third-order valence-corrected chi connectivity index (χ3v) is 2.77. The number of halogens is 2. The molecule has 0 saturated heterocycles. The fraction of sp³-hybridized carbons (Fsp3) is 0.385. The molecule has 1 aromatic carbocycles. The molecule has 2 N–H and O–H groups in total. The molecule has 0 bridgehead atoms. The van der Waals surface area contributed by atoms with Crippen molar-refractivity contribution in [3.8, 4) is 0 Å². The summed E-state index contributed by atoms with van der Waals surface area (Å²) in [5, 5.41) is 13.8. The number of hydrogen-bond acceptors (Lipinski definition) is 5. The van der Waals surface area contributed by atoms with Crippen molar-refractivity contribution in [1.29, 1.82) is 0 Å². The molecule has 0 spiro atoms. The zero-order valence-electron chi connectivity index (χ0n) is 11.3. The second-order valence-electron chi connectivity index (χ2n) is 4.78. The lowest BCUT2D eigenvalue weighted by Crippen LogP contribution is -2.19. The molecule has 20 heavy (non-hydrogen) atoms. The van der Waals surface area contributed by atoms with Gasteiger partial charge in [0.25, 0.3) is 0 Å². The summed E-state index contributed by atoms with van der Waals surface area (Å²) in [5.41, 5.74) is 0.497. The summed E-state index contributed by atoms with van der Waals surface area (Å²) in [6, 6.07) is 4.57. The molecule has 0 atom stereocenters. The SMILES string of the molecule is CC(C)CNCc1nnc(Nc2ccc(Cl)c(F)c2)o1. The highest BCUT2D eigenvalue weighted by atomic mass is 35.5. The smallest absolute Gasteiger partial charge is 0.320 e. The van der Waals surface area contributed by atoms with Crippen LogP contribution in [0.1, 0.15) is 19.7 Å². The van der Waals surface area contributed by atoms with Crippen molar-refractivity contribution in [1.82, 2.24) is 15.5 Å². The van der Waals surface area contributed by atoms with Crippen LogP contribution in [0.2, 0.25) is 5.02 Å². The van der Waals surface area contributed by atoms with E-state index in [9.17, 15) is 4.39 Å². The van der Waals surface area contributed by atoms with E-state index in [2.05, 4.69) is 34.7 Å². The third kappa shape index (κ3) is 4.18. The van der Waals surface area contributed by atoms with E-state index in [1.165, 1.54) is 12.1 Å². The van der Waals surface area contributed by atoms with Crippen LogP contribution in [0.3, 0.4) is 0 Å². The topological polar surface area (TPSA) is 63.0 Å². The minimum Gasteiger partial charge on any atom is -0.406 e. The van der Waals surface area contributed by atoms with Gasteiger partial charge < -0.3 is 15.1 Å². The minimum absolute atomic E-state index is 0.0691. The van der Waals surface area contributed by atoms with E-state index in [-0.39, 0.29) is 11.0 Å². The number of nitrogens with zero attached hydrogens (tertiary/aromatic N) is 2. The summed E-state index contributed by atoms with van der Waals surface area (Å²) in [4.78, 5) is 0. The first-order valence-electron chi connectivity index (χ1n) is 6.30. The fourth-order valence-corrected chi connectivity index (χ4v) is 1.66. The molecule has 5 nitrogen and oxygen atoms in total. The van der Waals surface area contributed by atoms with Crippen molar-refractivity contribution in [2.45, 2.75) is 20.4 Å². The maximum Gasteiger partial charge on any atom is 0.320 e. The summed E-state index contributed by atoms with van der Waals surface area (Å²) < 4.78 is 18.7. The average molecular weight is 299 g/mol. The van der Waals surface area contributed by atoms with Crippen molar-refractivity contribution < 1.29 is 8.81 Å². The highest BCUT2D eigenvalue weighted by Gasteiger charge is 2.07. The molecule has 2 rings (SSSR count). The summed E-state index contributed by atoms with van der Waals surface area (Å²) in [7, 11) is 0. The first kappa shape index (κ1) is 14.7. The van der Waals surface area contributed by atoms with Gasteiger partial charge in [0.05, 0.1) is 11.6 Å². The van der Waals surface area contributed by atoms with E-state index in [1.54, 1.807) is 6.07 Å². The third-order valence-electron chi connectivity index (χ3n) is 2.47. The Hall–Kier alpha value is -1.66. The zero-order valence-corrected chi connectivity index (χ0v) is 12.0. The Bertz CT molecular complexity index is 573. The van der Waals surface area contributed by atoms with Crippen molar-refractivity contribution >= 4 is 23.3 Å². The van der Waals surface area contributed by atoms with E-state index < -0.39 is 5.82 Å². The Morgan fingerprint density at radius 1 is 1.35 bits per heavy atom. The molecule has 0 aliphatic carbocycles. The van der Waals surface area contributed by atoms with E-state index in [0.29, 0.717) is 24.0 Å². The molecule has 1 aromatic heterocycles. The predicted octanol–water partition coefficient (Wildman–Crippen LogP) is 3.35. The van der Waals surface area contributed by atoms with Crippen LogP contribution in [0.15, 0.2) is 22.6 Å². The maximum absolute atomic E-state index is 13.3. The quantitative estimate of drug-likeness (QED) is 0.856. The zero-order chi connectivity index (χ0) is 14.5. The van der Waals surface area contributed by atoms with Crippen LogP contribution in [0.25, 0.3) is 0 Å². The molecule has 0 saturated carbocycles. The van der Waals surface area contributed by atoms with Gasteiger partial charge in [0, 0.05) is 5.69 Å². The number of rotatable bonds is 6. The Morgan fingerprint density at radius 2 is 2.15 bits per heavy atom. The van der Waals surface area contributed by atoms with Crippen molar-refractivity contribution in [3.63, 3.8) is 0 Å². The molecule has 0 radical (unpaired) electrons. The Morgan fingerprint density at radius 3 is 2.85 bits per heavy atom. The normalized spacial score (nSPS) is 11.1. The second-order valence-corrected chi connectivity index (χ2v) is 5.19. The van der Waals surface area contributed by atoms with Crippen LogP contribution in [0, 0.1) is 11.7 Å². The van der Waals surface area contributed by atoms with Crippen molar-refractivity contribution in [3.05, 3.63) is 34.9 Å². The molecule has 2 aromatic rings. The summed E-state index contributed by atoms with van der Waals surface area (Å²) in [6.45, 7) is 5.60. The highest BCUT2D eigenvalue weighted by Crippen LogP contribution is 2.21. The van der Waals surface area contributed by atoms with Gasteiger partial charge in [0.1, 0.15) is 5.82 Å². The van der Waals surface area contributed by atoms with Crippen LogP contribution in [0.5, 0.6) is 0 Å². The Balaban J connectivity index is 1.93. The van der Waals surface area contributed by atoms with Gasteiger partial charge in [-0.25, -0.2) is 4.39 Å². The number of anilines is 2. The van der Waals surface area contributed by atoms with Gasteiger partial charge in [0.2, 0.25) is 5.89 Å². The Kier molecular flexibility index (Phi) is 4.92. The number of aromatic nitrogens is 2. The van der Waals surface area contributed by atoms with Gasteiger partial charge in [-0.3, -0.25) is 0 Å². The molecule has 0 amide bonds. The number of nitrogens with one attached hydrogen (secondary N) is 2. The lowest BCUT2D eigenvalue weighted by Gasteiger charge is -2.04. The molecule has 1 heterocycles. The first-order chi connectivity index (χ1) is 9.54. The van der Waals surface area contributed by atoms with Crippen LogP contribution in [0.4, 0.5) is 16.1 Å². The van der Waals surface area contributed by atoms with Gasteiger partial charge in [-0.05, 0) is 30.7 Å². The minimum atomic E-state index is -0.505. The highest BCUT2D eigenvalue weighted by molar-refractivity contribution is 6.30. The average Bonchev–Trinajstić information content (AvgIpc) is 2.81. The fourth-order valence-electron chi connectivity index (χ4n) is 1.54. The standard InChI is InChI=1S/C13H16ClFN4O/c1-8(2)6-16-7-12-18-19-13(20-12)17-9-3-4-10(14)11(15)5-9/h3-5,8,16H,6-7H2,1-2H3,(H,17,19). The number of hydrogen-bond donors (Lipinski definition) is 2. The van der Waals surface area contributed by atoms with Gasteiger partial charge in [-0.15, -0.1) is 5.10 Å². The summed E-state index contributed by atoms with van der Waals surface area (Å²) in [5.74, 6) is 0.519. The van der Waals surface area contributed by atoms with E-state index in [1.807, 2.05) is 0 Å².